The Balaban J connectivity index is 1.13. The molecule has 1 amide bonds. The average molecular weight is 574 g/mol. The maximum Gasteiger partial charge on any atom is 0.306 e. The zero-order valence-corrected chi connectivity index (χ0v) is 24.6. The smallest absolute Gasteiger partial charge is 0.306 e. The van der Waals surface area contributed by atoms with Crippen LogP contribution in [0.1, 0.15) is 71.6 Å². The number of ketones is 2. The topological polar surface area (TPSA) is 145 Å². The Morgan fingerprint density at radius 2 is 1.88 bits per heavy atom. The zero-order valence-electron chi connectivity index (χ0n) is 24.6. The van der Waals surface area contributed by atoms with Crippen molar-refractivity contribution in [1.29, 1.82) is 0 Å². The summed E-state index contributed by atoms with van der Waals surface area (Å²) < 4.78 is 5.24. The number of carbonyl (C=O) groups is 4. The van der Waals surface area contributed by atoms with Gasteiger partial charge in [-0.25, -0.2) is 0 Å². The molecule has 41 heavy (non-hydrogen) atoms. The molecule has 5 rings (SSSR count). The van der Waals surface area contributed by atoms with Crippen molar-refractivity contribution in [2.45, 2.75) is 83.3 Å². The number of nitrogens with zero attached hydrogens (tertiary/aromatic N) is 1. The lowest BCUT2D eigenvalue weighted by atomic mass is 9.45. The zero-order chi connectivity index (χ0) is 29.4. The Bertz CT molecular complexity index is 1090. The quantitative estimate of drug-likeness (QED) is 0.298. The van der Waals surface area contributed by atoms with Crippen LogP contribution in [0.5, 0.6) is 0 Å². The fourth-order valence-corrected chi connectivity index (χ4v) is 9.08. The van der Waals surface area contributed by atoms with E-state index in [0.29, 0.717) is 25.8 Å². The third kappa shape index (κ3) is 5.65. The van der Waals surface area contributed by atoms with Crippen molar-refractivity contribution in [2.24, 2.45) is 28.6 Å². The minimum atomic E-state index is -1.69. The van der Waals surface area contributed by atoms with Gasteiger partial charge in [-0.1, -0.05) is 19.4 Å². The number of nitrogens with one attached hydrogen (secondary N) is 2. The Kier molecular flexibility index (Phi) is 8.77. The summed E-state index contributed by atoms with van der Waals surface area (Å²) in [5.74, 6) is -1.06. The first-order valence-corrected chi connectivity index (χ1v) is 15.5. The predicted octanol–water partition coefficient (Wildman–Crippen LogP) is 1.13. The first-order chi connectivity index (χ1) is 19.5. The molecule has 5 aliphatic rings. The van der Waals surface area contributed by atoms with E-state index < -0.39 is 35.5 Å². The molecule has 0 bridgehead atoms. The summed E-state index contributed by atoms with van der Waals surface area (Å²) >= 11 is 0. The number of hydrogen-bond acceptors (Lipinski definition) is 9. The Labute approximate surface area is 242 Å². The van der Waals surface area contributed by atoms with Crippen LogP contribution in [0.15, 0.2) is 11.6 Å². The van der Waals surface area contributed by atoms with Crippen LogP contribution in [-0.2, 0) is 23.9 Å². The van der Waals surface area contributed by atoms with Gasteiger partial charge in [-0.3, -0.25) is 24.1 Å². The van der Waals surface area contributed by atoms with E-state index in [-0.39, 0.29) is 54.1 Å². The summed E-state index contributed by atoms with van der Waals surface area (Å²) in [6, 6.07) is 0. The summed E-state index contributed by atoms with van der Waals surface area (Å²) in [5, 5.41) is 29.4. The summed E-state index contributed by atoms with van der Waals surface area (Å²) in [6.07, 6.45) is 5.02. The number of esters is 1. The molecule has 0 spiro atoms. The number of fused-ring (bicyclic) bond motifs is 5. The van der Waals surface area contributed by atoms with Crippen molar-refractivity contribution >= 4 is 23.4 Å². The van der Waals surface area contributed by atoms with Gasteiger partial charge in [0.2, 0.25) is 11.7 Å². The lowest BCUT2D eigenvalue weighted by molar-refractivity contribution is -0.184. The van der Waals surface area contributed by atoms with Crippen LogP contribution < -0.4 is 10.6 Å². The SMILES string of the molecule is C[C@@]12CCC(=O)C=C1CC[C@H]1C2[C@H](O)C[C@]2(C)C1CC[C@@]2(O)C(=O)COC(=O)CCC(=O)NCCN1CCNCC1. The summed E-state index contributed by atoms with van der Waals surface area (Å²) in [5.41, 5.74) is -1.62. The molecule has 7 atom stereocenters. The van der Waals surface area contributed by atoms with Crippen molar-refractivity contribution in [3.8, 4) is 0 Å². The third-order valence-corrected chi connectivity index (χ3v) is 11.4. The van der Waals surface area contributed by atoms with Crippen LogP contribution >= 0.6 is 0 Å². The molecule has 3 saturated carbocycles. The lowest BCUT2D eigenvalue weighted by Crippen LogP contribution is -2.62. The van der Waals surface area contributed by atoms with Crippen LogP contribution in [0.4, 0.5) is 0 Å². The van der Waals surface area contributed by atoms with E-state index in [2.05, 4.69) is 22.5 Å². The Hall–Kier alpha value is -2.14. The highest BCUT2D eigenvalue weighted by Crippen LogP contribution is 2.67. The van der Waals surface area contributed by atoms with Crippen molar-refractivity contribution in [2.75, 3.05) is 45.9 Å². The molecule has 10 heteroatoms. The second-order valence-corrected chi connectivity index (χ2v) is 13.5. The molecule has 4 aliphatic carbocycles. The molecule has 1 saturated heterocycles. The number of aliphatic hydroxyl groups excluding tert-OH is 1. The molecule has 0 aromatic heterocycles. The van der Waals surface area contributed by atoms with E-state index in [4.69, 9.17) is 4.74 Å². The number of amides is 1. The average Bonchev–Trinajstić information content (AvgIpc) is 3.22. The standard InChI is InChI=1S/C31H47N3O7/c1-29-9-7-21(35)17-20(29)3-4-22-23-8-10-31(40,30(23,2)18-24(36)28(22)29)25(37)19-41-27(39)6-5-26(38)33-13-16-34-14-11-32-12-15-34/h17,22-24,28,32,36,40H,3-16,18-19H2,1-2H3,(H,33,38)/t22-,23?,24-,28?,29-,30-,31-/m1/s1. The number of piperazine rings is 1. The van der Waals surface area contributed by atoms with Gasteiger partial charge >= 0.3 is 5.97 Å². The lowest BCUT2D eigenvalue weighted by Gasteiger charge is -2.60. The van der Waals surface area contributed by atoms with E-state index >= 15 is 0 Å². The second kappa shape index (κ2) is 11.9. The maximum absolute atomic E-state index is 13.4. The molecule has 10 nitrogen and oxygen atoms in total. The molecule has 0 aromatic carbocycles. The number of ether oxygens (including phenoxy) is 1. The molecule has 0 aromatic rings. The highest BCUT2D eigenvalue weighted by Gasteiger charge is 2.68. The van der Waals surface area contributed by atoms with Gasteiger partial charge in [0.25, 0.3) is 0 Å². The van der Waals surface area contributed by atoms with Crippen molar-refractivity contribution in [3.63, 3.8) is 0 Å². The van der Waals surface area contributed by atoms with E-state index in [1.54, 1.807) is 6.08 Å². The largest absolute Gasteiger partial charge is 0.458 e. The number of aliphatic hydroxyl groups is 2. The fourth-order valence-electron chi connectivity index (χ4n) is 9.08. The number of allylic oxidation sites excluding steroid dienone is 1. The van der Waals surface area contributed by atoms with Gasteiger partial charge < -0.3 is 25.6 Å². The summed E-state index contributed by atoms with van der Waals surface area (Å²) in [6.45, 7) is 8.59. The van der Waals surface area contributed by atoms with Crippen LogP contribution in [-0.4, -0.2) is 96.1 Å². The van der Waals surface area contributed by atoms with Crippen LogP contribution in [0.3, 0.4) is 0 Å². The van der Waals surface area contributed by atoms with Gasteiger partial charge in [0.15, 0.2) is 12.4 Å². The number of Topliss-reactive ketones (excluding diaryl/α,β-unsaturated/α-hetero) is 1. The predicted molar refractivity (Wildman–Crippen MR) is 151 cm³/mol. The molecular weight excluding hydrogens is 526 g/mol. The summed E-state index contributed by atoms with van der Waals surface area (Å²) in [4.78, 5) is 52.3. The van der Waals surface area contributed by atoms with Gasteiger partial charge in [0, 0.05) is 57.5 Å². The summed E-state index contributed by atoms with van der Waals surface area (Å²) in [7, 11) is 0. The molecule has 1 heterocycles. The Morgan fingerprint density at radius 1 is 1.12 bits per heavy atom. The normalized spacial score (nSPS) is 38.7. The van der Waals surface area contributed by atoms with Crippen LogP contribution in [0.2, 0.25) is 0 Å². The molecule has 4 N–H and O–H groups in total. The van der Waals surface area contributed by atoms with Crippen molar-refractivity contribution in [1.82, 2.24) is 15.5 Å². The molecule has 228 valence electrons. The molecular formula is C31H47N3O7. The molecule has 1 aliphatic heterocycles. The van der Waals surface area contributed by atoms with E-state index in [0.717, 1.165) is 57.6 Å². The van der Waals surface area contributed by atoms with Crippen molar-refractivity contribution in [3.05, 3.63) is 11.6 Å². The van der Waals surface area contributed by atoms with Crippen LogP contribution in [0, 0.1) is 28.6 Å². The maximum atomic E-state index is 13.4. The highest BCUT2D eigenvalue weighted by molar-refractivity contribution is 5.92. The van der Waals surface area contributed by atoms with Gasteiger partial charge in [-0.15, -0.1) is 0 Å². The number of rotatable bonds is 9. The monoisotopic (exact) mass is 573 g/mol. The van der Waals surface area contributed by atoms with E-state index in [9.17, 15) is 29.4 Å². The molecule has 4 fully saturated rings. The van der Waals surface area contributed by atoms with Gasteiger partial charge in [0.1, 0.15) is 5.60 Å². The van der Waals surface area contributed by atoms with Gasteiger partial charge in [-0.05, 0) is 67.8 Å². The van der Waals surface area contributed by atoms with Gasteiger partial charge in [0.05, 0.1) is 12.5 Å². The minimum absolute atomic E-state index is 0.00744. The third-order valence-electron chi connectivity index (χ3n) is 11.4. The molecule has 2 unspecified atom stereocenters. The second-order valence-electron chi connectivity index (χ2n) is 13.5. The first-order valence-electron chi connectivity index (χ1n) is 15.5. The van der Waals surface area contributed by atoms with Crippen molar-refractivity contribution < 1.29 is 34.1 Å². The molecule has 0 radical (unpaired) electrons. The first kappa shape index (κ1) is 30.3. The number of carbonyl (C=O) groups excluding carboxylic acids is 4. The highest BCUT2D eigenvalue weighted by atomic mass is 16.5. The fraction of sp³-hybridized carbons (Fsp3) is 0.806. The number of hydrogen-bond donors (Lipinski definition) is 4. The minimum Gasteiger partial charge on any atom is -0.458 e. The van der Waals surface area contributed by atoms with E-state index in [1.807, 2.05) is 6.92 Å². The van der Waals surface area contributed by atoms with Gasteiger partial charge in [-0.2, -0.15) is 0 Å². The Morgan fingerprint density at radius 3 is 2.63 bits per heavy atom. The van der Waals surface area contributed by atoms with Crippen LogP contribution in [0.25, 0.3) is 0 Å². The van der Waals surface area contributed by atoms with E-state index in [1.165, 1.54) is 0 Å².